The van der Waals surface area contributed by atoms with Gasteiger partial charge in [0.05, 0.1) is 25.2 Å². The molecule has 1 fully saturated rings. The molecule has 1 heterocycles. The molecule has 1 aromatic carbocycles. The number of piperidine rings is 1. The summed E-state index contributed by atoms with van der Waals surface area (Å²) < 4.78 is 5.13. The van der Waals surface area contributed by atoms with Crippen molar-refractivity contribution in [1.29, 1.82) is 0 Å². The van der Waals surface area contributed by atoms with E-state index in [0.29, 0.717) is 31.0 Å². The maximum absolute atomic E-state index is 12.9. The van der Waals surface area contributed by atoms with Crippen LogP contribution in [0, 0.1) is 5.92 Å². The number of aliphatic hydroxyl groups excluding tert-OH is 1. The third kappa shape index (κ3) is 4.51. The lowest BCUT2D eigenvalue weighted by Crippen LogP contribution is -2.49. The quantitative estimate of drug-likeness (QED) is 0.795. The molecule has 0 spiro atoms. The molecular weight excluding hydrogens is 344 g/mol. The summed E-state index contributed by atoms with van der Waals surface area (Å²) in [6, 6.07) is 6.87. The molecule has 2 amide bonds. The lowest BCUT2D eigenvalue weighted by Gasteiger charge is -2.42. The molecule has 138 valence electrons. The van der Waals surface area contributed by atoms with Crippen molar-refractivity contribution in [2.45, 2.75) is 18.9 Å². The molecule has 1 N–H and O–H groups in total. The Labute approximate surface area is 153 Å². The summed E-state index contributed by atoms with van der Waals surface area (Å²) >= 11 is 6.38. The summed E-state index contributed by atoms with van der Waals surface area (Å²) in [6.07, 6.45) is 0.779. The van der Waals surface area contributed by atoms with Crippen LogP contribution in [0.1, 0.15) is 24.4 Å². The van der Waals surface area contributed by atoms with E-state index in [1.165, 1.54) is 4.90 Å². The van der Waals surface area contributed by atoms with Crippen LogP contribution in [0.3, 0.4) is 0 Å². The van der Waals surface area contributed by atoms with Crippen LogP contribution >= 0.6 is 11.6 Å². The number of amides is 2. The minimum atomic E-state index is -0.432. The molecule has 1 aliphatic rings. The average molecular weight is 369 g/mol. The fraction of sp³-hybridized carbons (Fsp3) is 0.556. The minimum Gasteiger partial charge on any atom is -0.395 e. The van der Waals surface area contributed by atoms with Gasteiger partial charge < -0.3 is 19.6 Å². The van der Waals surface area contributed by atoms with Crippen LogP contribution in [0.5, 0.6) is 0 Å². The van der Waals surface area contributed by atoms with E-state index < -0.39 is 12.0 Å². The molecule has 0 bridgehead atoms. The highest BCUT2D eigenvalue weighted by atomic mass is 35.5. The first-order valence-electron chi connectivity index (χ1n) is 8.40. The number of benzene rings is 1. The Morgan fingerprint density at radius 3 is 2.80 bits per heavy atom. The number of aliphatic hydroxyl groups is 1. The van der Waals surface area contributed by atoms with Crippen molar-refractivity contribution < 1.29 is 19.4 Å². The predicted molar refractivity (Wildman–Crippen MR) is 95.2 cm³/mol. The van der Waals surface area contributed by atoms with E-state index in [9.17, 15) is 9.59 Å². The van der Waals surface area contributed by atoms with Crippen LogP contribution in [0.15, 0.2) is 24.3 Å². The van der Waals surface area contributed by atoms with E-state index in [2.05, 4.69) is 0 Å². The third-order valence-corrected chi connectivity index (χ3v) is 4.94. The van der Waals surface area contributed by atoms with E-state index >= 15 is 0 Å². The maximum atomic E-state index is 12.9. The number of hydrogen-bond acceptors (Lipinski definition) is 4. The summed E-state index contributed by atoms with van der Waals surface area (Å²) in [7, 11) is 3.24. The van der Waals surface area contributed by atoms with Crippen LogP contribution in [-0.4, -0.2) is 67.2 Å². The van der Waals surface area contributed by atoms with Gasteiger partial charge in [-0.05, 0) is 18.1 Å². The second-order valence-corrected chi connectivity index (χ2v) is 6.58. The molecule has 7 heteroatoms. The summed E-state index contributed by atoms with van der Waals surface area (Å²) in [4.78, 5) is 28.6. The second-order valence-electron chi connectivity index (χ2n) is 6.17. The van der Waals surface area contributed by atoms with Crippen molar-refractivity contribution in [1.82, 2.24) is 9.80 Å². The molecule has 1 saturated heterocycles. The van der Waals surface area contributed by atoms with Gasteiger partial charge >= 0.3 is 0 Å². The van der Waals surface area contributed by atoms with Crippen molar-refractivity contribution in [2.24, 2.45) is 5.92 Å². The summed E-state index contributed by atoms with van der Waals surface area (Å²) in [5.74, 6) is -0.490. The summed E-state index contributed by atoms with van der Waals surface area (Å²) in [5.41, 5.74) is 0.768. The summed E-state index contributed by atoms with van der Waals surface area (Å²) in [5, 5.41) is 9.66. The number of likely N-dealkylation sites (tertiary alicyclic amines) is 1. The molecule has 25 heavy (non-hydrogen) atoms. The van der Waals surface area contributed by atoms with Crippen LogP contribution in [0.4, 0.5) is 0 Å². The zero-order valence-corrected chi connectivity index (χ0v) is 15.4. The van der Waals surface area contributed by atoms with Gasteiger partial charge in [-0.1, -0.05) is 29.8 Å². The van der Waals surface area contributed by atoms with Crippen molar-refractivity contribution >= 4 is 23.4 Å². The Morgan fingerprint density at radius 1 is 1.44 bits per heavy atom. The zero-order chi connectivity index (χ0) is 18.4. The number of carbonyl (C=O) groups excluding carboxylic acids is 2. The predicted octanol–water partition coefficient (Wildman–Crippen LogP) is 1.72. The van der Waals surface area contributed by atoms with Crippen LogP contribution in [0.25, 0.3) is 0 Å². The number of likely N-dealkylation sites (N-methyl/N-ethyl adjacent to an activating group) is 1. The molecule has 2 rings (SSSR count). The molecule has 1 aromatic rings. The maximum Gasteiger partial charge on any atom is 0.227 e. The number of ether oxygens (including phenoxy) is 1. The average Bonchev–Trinajstić information content (AvgIpc) is 2.60. The van der Waals surface area contributed by atoms with Gasteiger partial charge in [0.2, 0.25) is 11.8 Å². The van der Waals surface area contributed by atoms with Gasteiger partial charge in [-0.3, -0.25) is 9.59 Å². The van der Waals surface area contributed by atoms with E-state index in [1.807, 2.05) is 18.2 Å². The first-order chi connectivity index (χ1) is 12.0. The largest absolute Gasteiger partial charge is 0.395 e. The normalized spacial score (nSPS) is 20.6. The van der Waals surface area contributed by atoms with Gasteiger partial charge in [0.25, 0.3) is 0 Å². The molecule has 0 unspecified atom stereocenters. The molecular formula is C18H25ClN2O4. The Kier molecular flexibility index (Phi) is 7.23. The topological polar surface area (TPSA) is 70.1 Å². The number of methoxy groups -OCH3 is 1. The number of hydrogen-bond donors (Lipinski definition) is 1. The van der Waals surface area contributed by atoms with E-state index in [0.717, 1.165) is 5.56 Å². The molecule has 1 aliphatic heterocycles. The van der Waals surface area contributed by atoms with Gasteiger partial charge in [-0.15, -0.1) is 0 Å². The Hall–Kier alpha value is -1.63. The molecule has 0 aliphatic carbocycles. The number of rotatable bonds is 7. The van der Waals surface area contributed by atoms with Crippen molar-refractivity contribution in [3.8, 4) is 0 Å². The van der Waals surface area contributed by atoms with Gasteiger partial charge in [-0.25, -0.2) is 0 Å². The van der Waals surface area contributed by atoms with Crippen LogP contribution < -0.4 is 0 Å². The third-order valence-electron chi connectivity index (χ3n) is 4.60. The second kappa shape index (κ2) is 9.17. The molecule has 6 nitrogen and oxygen atoms in total. The highest BCUT2D eigenvalue weighted by Crippen LogP contribution is 2.40. The minimum absolute atomic E-state index is 0.00386. The van der Waals surface area contributed by atoms with Crippen LogP contribution in [-0.2, 0) is 14.3 Å². The Bertz CT molecular complexity index is 610. The fourth-order valence-electron chi connectivity index (χ4n) is 3.31. The van der Waals surface area contributed by atoms with Crippen molar-refractivity contribution in [3.05, 3.63) is 34.9 Å². The first kappa shape index (κ1) is 19.7. The van der Waals surface area contributed by atoms with Gasteiger partial charge in [-0.2, -0.15) is 0 Å². The van der Waals surface area contributed by atoms with E-state index in [4.69, 9.17) is 21.4 Å². The number of carbonyl (C=O) groups is 2. The van der Waals surface area contributed by atoms with E-state index in [1.54, 1.807) is 25.1 Å². The highest BCUT2D eigenvalue weighted by Gasteiger charge is 2.42. The van der Waals surface area contributed by atoms with Gasteiger partial charge in [0.15, 0.2) is 0 Å². The SMILES string of the molecule is COCCN1C(=O)CC[C@@H](C(=O)N(C)CCO)[C@@H]1c1ccccc1Cl. The molecule has 0 saturated carbocycles. The number of halogens is 1. The van der Waals surface area contributed by atoms with Gasteiger partial charge in [0.1, 0.15) is 0 Å². The smallest absolute Gasteiger partial charge is 0.227 e. The van der Waals surface area contributed by atoms with Crippen molar-refractivity contribution in [3.63, 3.8) is 0 Å². The summed E-state index contributed by atoms with van der Waals surface area (Å²) in [6.45, 7) is 0.952. The van der Waals surface area contributed by atoms with Gasteiger partial charge in [0, 0.05) is 38.7 Å². The molecule has 0 aromatic heterocycles. The lowest BCUT2D eigenvalue weighted by molar-refractivity contribution is -0.148. The van der Waals surface area contributed by atoms with Crippen LogP contribution in [0.2, 0.25) is 5.02 Å². The standard InChI is InChI=1S/C18H25ClN2O4/c1-20(9-11-22)18(24)14-7-8-16(23)21(10-12-25-2)17(14)13-5-3-4-6-15(13)19/h3-6,14,17,22H,7-12H2,1-2H3/t14-,17+/m1/s1. The van der Waals surface area contributed by atoms with E-state index in [-0.39, 0.29) is 25.0 Å². The first-order valence-corrected chi connectivity index (χ1v) is 8.77. The highest BCUT2D eigenvalue weighted by molar-refractivity contribution is 6.31. The monoisotopic (exact) mass is 368 g/mol. The number of nitrogens with zero attached hydrogens (tertiary/aromatic N) is 2. The Balaban J connectivity index is 2.40. The Morgan fingerprint density at radius 2 is 2.16 bits per heavy atom. The molecule has 2 atom stereocenters. The fourth-order valence-corrected chi connectivity index (χ4v) is 3.56. The van der Waals surface area contributed by atoms with Crippen molar-refractivity contribution in [2.75, 3.05) is 40.5 Å². The lowest BCUT2D eigenvalue weighted by atomic mass is 9.83. The molecule has 0 radical (unpaired) electrons. The zero-order valence-electron chi connectivity index (χ0n) is 14.7.